The number of rotatable bonds is 2. The summed E-state index contributed by atoms with van der Waals surface area (Å²) in [5.74, 6) is 0.678. The molecule has 0 N–H and O–H groups in total. The second-order valence-corrected chi connectivity index (χ2v) is 6.63. The van der Waals surface area contributed by atoms with Gasteiger partial charge in [-0.1, -0.05) is 23.7 Å². The van der Waals surface area contributed by atoms with Gasteiger partial charge in [-0.15, -0.1) is 0 Å². The van der Waals surface area contributed by atoms with Crippen LogP contribution in [-0.2, 0) is 9.53 Å². The third kappa shape index (κ3) is 2.57. The van der Waals surface area contributed by atoms with Crippen molar-refractivity contribution in [1.29, 1.82) is 0 Å². The highest BCUT2D eigenvalue weighted by Crippen LogP contribution is 2.33. The number of piperidine rings is 1. The van der Waals surface area contributed by atoms with Gasteiger partial charge in [0, 0.05) is 24.0 Å². The van der Waals surface area contributed by atoms with Crippen LogP contribution in [0.4, 0.5) is 0 Å². The van der Waals surface area contributed by atoms with Gasteiger partial charge < -0.3 is 9.64 Å². The first-order chi connectivity index (χ1) is 9.58. The highest BCUT2D eigenvalue weighted by molar-refractivity contribution is 6.30. The smallest absolute Gasteiger partial charge is 0.233 e. The second-order valence-electron chi connectivity index (χ2n) is 6.20. The standard InChI is InChI=1S/C16H20ClNO2/c1-16(10-20-11-16)15(19)18-8-2-3-13(9-18)12-4-6-14(17)7-5-12/h4-7,13H,2-3,8-11H2,1H3. The Morgan fingerprint density at radius 1 is 1.35 bits per heavy atom. The fourth-order valence-corrected chi connectivity index (χ4v) is 3.21. The molecule has 1 aromatic carbocycles. The molecule has 3 rings (SSSR count). The summed E-state index contributed by atoms with van der Waals surface area (Å²) in [6.45, 7) is 4.82. The lowest BCUT2D eigenvalue weighted by molar-refractivity contribution is -0.169. The zero-order valence-electron chi connectivity index (χ0n) is 11.8. The molecule has 2 fully saturated rings. The van der Waals surface area contributed by atoms with E-state index in [1.165, 1.54) is 5.56 Å². The number of hydrogen-bond acceptors (Lipinski definition) is 2. The third-order valence-electron chi connectivity index (χ3n) is 4.41. The Morgan fingerprint density at radius 3 is 2.65 bits per heavy atom. The number of likely N-dealkylation sites (tertiary alicyclic amines) is 1. The molecule has 2 aliphatic heterocycles. The zero-order chi connectivity index (χ0) is 14.2. The van der Waals surface area contributed by atoms with Crippen LogP contribution in [0.3, 0.4) is 0 Å². The minimum Gasteiger partial charge on any atom is -0.379 e. The van der Waals surface area contributed by atoms with E-state index in [0.29, 0.717) is 19.1 Å². The fraction of sp³-hybridized carbons (Fsp3) is 0.562. The van der Waals surface area contributed by atoms with Crippen LogP contribution >= 0.6 is 11.6 Å². The van der Waals surface area contributed by atoms with Crippen molar-refractivity contribution in [2.24, 2.45) is 5.41 Å². The highest BCUT2D eigenvalue weighted by atomic mass is 35.5. The van der Waals surface area contributed by atoms with Crippen LogP contribution in [0.25, 0.3) is 0 Å². The molecule has 0 spiro atoms. The molecule has 0 aromatic heterocycles. The van der Waals surface area contributed by atoms with Gasteiger partial charge in [-0.2, -0.15) is 0 Å². The monoisotopic (exact) mass is 293 g/mol. The summed E-state index contributed by atoms with van der Waals surface area (Å²) in [6, 6.07) is 8.02. The van der Waals surface area contributed by atoms with Gasteiger partial charge in [-0.25, -0.2) is 0 Å². The van der Waals surface area contributed by atoms with Gasteiger partial charge in [-0.05, 0) is 37.5 Å². The molecule has 1 atom stereocenters. The summed E-state index contributed by atoms with van der Waals surface area (Å²) in [4.78, 5) is 14.6. The molecule has 108 valence electrons. The third-order valence-corrected chi connectivity index (χ3v) is 4.66. The van der Waals surface area contributed by atoms with Gasteiger partial charge in [0.2, 0.25) is 5.91 Å². The van der Waals surface area contributed by atoms with E-state index in [0.717, 1.165) is 31.0 Å². The molecule has 0 aliphatic carbocycles. The van der Waals surface area contributed by atoms with Crippen molar-refractivity contribution in [3.05, 3.63) is 34.9 Å². The number of nitrogens with zero attached hydrogens (tertiary/aromatic N) is 1. The summed E-state index contributed by atoms with van der Waals surface area (Å²) in [5, 5.41) is 0.761. The number of benzene rings is 1. The maximum Gasteiger partial charge on any atom is 0.233 e. The Hall–Kier alpha value is -1.06. The van der Waals surface area contributed by atoms with Gasteiger partial charge in [0.25, 0.3) is 0 Å². The first kappa shape index (κ1) is 13.9. The molecule has 2 saturated heterocycles. The van der Waals surface area contributed by atoms with Crippen molar-refractivity contribution in [3.63, 3.8) is 0 Å². The van der Waals surface area contributed by atoms with Crippen LogP contribution in [0.1, 0.15) is 31.2 Å². The van der Waals surface area contributed by atoms with Gasteiger partial charge in [0.05, 0.1) is 18.6 Å². The molecule has 1 amide bonds. The van der Waals surface area contributed by atoms with Gasteiger partial charge in [-0.3, -0.25) is 4.79 Å². The van der Waals surface area contributed by atoms with Crippen LogP contribution in [0, 0.1) is 5.41 Å². The Bertz CT molecular complexity index is 496. The summed E-state index contributed by atoms with van der Waals surface area (Å²) < 4.78 is 5.21. The molecule has 3 nitrogen and oxygen atoms in total. The molecule has 4 heteroatoms. The Kier molecular flexibility index (Phi) is 3.74. The number of carbonyl (C=O) groups excluding carboxylic acids is 1. The molecule has 0 saturated carbocycles. The van der Waals surface area contributed by atoms with Crippen molar-refractivity contribution < 1.29 is 9.53 Å². The molecule has 20 heavy (non-hydrogen) atoms. The molecule has 0 bridgehead atoms. The van der Waals surface area contributed by atoms with E-state index in [4.69, 9.17) is 16.3 Å². The van der Waals surface area contributed by atoms with Gasteiger partial charge in [0.1, 0.15) is 0 Å². The van der Waals surface area contributed by atoms with Crippen molar-refractivity contribution in [1.82, 2.24) is 4.90 Å². The number of ether oxygens (including phenoxy) is 1. The van der Waals surface area contributed by atoms with Crippen LogP contribution < -0.4 is 0 Å². The van der Waals surface area contributed by atoms with E-state index in [9.17, 15) is 4.79 Å². The Balaban J connectivity index is 1.70. The van der Waals surface area contributed by atoms with E-state index in [-0.39, 0.29) is 11.3 Å². The highest BCUT2D eigenvalue weighted by Gasteiger charge is 2.44. The zero-order valence-corrected chi connectivity index (χ0v) is 12.5. The lowest BCUT2D eigenvalue weighted by Gasteiger charge is -2.43. The summed E-state index contributed by atoms with van der Waals surface area (Å²) in [7, 11) is 0. The van der Waals surface area contributed by atoms with Crippen molar-refractivity contribution in [2.45, 2.75) is 25.7 Å². The van der Waals surface area contributed by atoms with E-state index >= 15 is 0 Å². The van der Waals surface area contributed by atoms with Crippen molar-refractivity contribution >= 4 is 17.5 Å². The fourth-order valence-electron chi connectivity index (χ4n) is 3.08. The summed E-state index contributed by atoms with van der Waals surface area (Å²) in [6.07, 6.45) is 2.20. The lowest BCUT2D eigenvalue weighted by atomic mass is 9.84. The van der Waals surface area contributed by atoms with Crippen LogP contribution in [-0.4, -0.2) is 37.1 Å². The van der Waals surface area contributed by atoms with Crippen molar-refractivity contribution in [2.75, 3.05) is 26.3 Å². The van der Waals surface area contributed by atoms with Crippen LogP contribution in [0.15, 0.2) is 24.3 Å². The van der Waals surface area contributed by atoms with Crippen molar-refractivity contribution in [3.8, 4) is 0 Å². The number of halogens is 1. The summed E-state index contributed by atoms with van der Waals surface area (Å²) in [5.41, 5.74) is 0.990. The topological polar surface area (TPSA) is 29.5 Å². The molecular formula is C16H20ClNO2. The Labute approximate surface area is 124 Å². The average Bonchev–Trinajstić information content (AvgIpc) is 2.45. The first-order valence-corrected chi connectivity index (χ1v) is 7.59. The van der Waals surface area contributed by atoms with E-state index in [2.05, 4.69) is 12.1 Å². The second kappa shape index (κ2) is 5.38. The molecule has 0 radical (unpaired) electrons. The summed E-state index contributed by atoms with van der Waals surface area (Å²) >= 11 is 5.94. The minimum absolute atomic E-state index is 0.252. The van der Waals surface area contributed by atoms with E-state index < -0.39 is 0 Å². The average molecular weight is 294 g/mol. The molecule has 2 heterocycles. The predicted octanol–water partition coefficient (Wildman–Crippen LogP) is 3.08. The van der Waals surface area contributed by atoms with E-state index in [1.807, 2.05) is 24.0 Å². The molecular weight excluding hydrogens is 274 g/mol. The largest absolute Gasteiger partial charge is 0.379 e. The van der Waals surface area contributed by atoms with Crippen LogP contribution in [0.2, 0.25) is 5.02 Å². The molecule has 1 unspecified atom stereocenters. The van der Waals surface area contributed by atoms with Crippen LogP contribution in [0.5, 0.6) is 0 Å². The lowest BCUT2D eigenvalue weighted by Crippen LogP contribution is -2.55. The number of amides is 1. The number of carbonyl (C=O) groups is 1. The Morgan fingerprint density at radius 2 is 2.05 bits per heavy atom. The molecule has 2 aliphatic rings. The van der Waals surface area contributed by atoms with Gasteiger partial charge >= 0.3 is 0 Å². The minimum atomic E-state index is -0.290. The normalized spacial score (nSPS) is 25.1. The SMILES string of the molecule is CC1(C(=O)N2CCCC(c3ccc(Cl)cc3)C2)COC1. The first-order valence-electron chi connectivity index (χ1n) is 7.21. The molecule has 1 aromatic rings. The predicted molar refractivity (Wildman–Crippen MR) is 78.9 cm³/mol. The quantitative estimate of drug-likeness (QED) is 0.839. The van der Waals surface area contributed by atoms with Gasteiger partial charge in [0.15, 0.2) is 0 Å². The van der Waals surface area contributed by atoms with E-state index in [1.54, 1.807) is 0 Å². The maximum atomic E-state index is 12.6. The number of hydrogen-bond donors (Lipinski definition) is 0. The maximum absolute atomic E-state index is 12.6.